The smallest absolute Gasteiger partial charge is 0.0926 e. The van der Waals surface area contributed by atoms with Gasteiger partial charge in [0.1, 0.15) is 0 Å². The molecule has 3 heterocycles. The van der Waals surface area contributed by atoms with E-state index < -0.39 is 0 Å². The monoisotopic (exact) mass is 238 g/mol. The first-order valence-electron chi connectivity index (χ1n) is 6.25. The Morgan fingerprint density at radius 2 is 2.17 bits per heavy atom. The summed E-state index contributed by atoms with van der Waals surface area (Å²) in [5.41, 5.74) is 4.85. The molecule has 1 aromatic carbocycles. The predicted molar refractivity (Wildman–Crippen MR) is 70.4 cm³/mol. The van der Waals surface area contributed by atoms with Gasteiger partial charge in [-0.2, -0.15) is 0 Å². The van der Waals surface area contributed by atoms with E-state index in [0.717, 1.165) is 18.7 Å². The fraction of sp³-hybridized carbons (Fsp3) is 0.214. The molecule has 2 aromatic heterocycles. The highest BCUT2D eigenvalue weighted by atomic mass is 15.0. The van der Waals surface area contributed by atoms with Crippen LogP contribution in [0.3, 0.4) is 0 Å². The number of nitrogens with one attached hydrogen (secondary N) is 3. The summed E-state index contributed by atoms with van der Waals surface area (Å²) in [6.45, 7) is 0.983. The number of hydrogen-bond donors (Lipinski definition) is 3. The van der Waals surface area contributed by atoms with E-state index in [-0.39, 0.29) is 6.04 Å². The fourth-order valence-corrected chi connectivity index (χ4v) is 2.83. The average Bonchev–Trinajstić information content (AvgIpc) is 3.06. The summed E-state index contributed by atoms with van der Waals surface area (Å²) in [5.74, 6) is 0. The van der Waals surface area contributed by atoms with Gasteiger partial charge in [-0.3, -0.25) is 0 Å². The van der Waals surface area contributed by atoms with Crippen LogP contribution in [0.5, 0.6) is 0 Å². The molecule has 4 rings (SSSR count). The van der Waals surface area contributed by atoms with Crippen molar-refractivity contribution in [2.45, 2.75) is 12.5 Å². The van der Waals surface area contributed by atoms with Gasteiger partial charge in [0.25, 0.3) is 0 Å². The van der Waals surface area contributed by atoms with Gasteiger partial charge in [-0.15, -0.1) is 0 Å². The van der Waals surface area contributed by atoms with E-state index in [9.17, 15) is 0 Å². The van der Waals surface area contributed by atoms with E-state index in [0.29, 0.717) is 0 Å². The van der Waals surface area contributed by atoms with Crippen molar-refractivity contribution < 1.29 is 0 Å². The predicted octanol–water partition coefficient (Wildman–Crippen LogP) is 2.13. The number of para-hydroxylation sites is 1. The number of benzene rings is 1. The second-order valence-electron chi connectivity index (χ2n) is 4.69. The largest absolute Gasteiger partial charge is 0.361 e. The molecule has 1 unspecified atom stereocenters. The number of nitrogens with zero attached hydrogens (tertiary/aromatic N) is 1. The van der Waals surface area contributed by atoms with Crippen LogP contribution in [-0.2, 0) is 6.42 Å². The lowest BCUT2D eigenvalue weighted by Crippen LogP contribution is -2.30. The second-order valence-corrected chi connectivity index (χ2v) is 4.69. The molecule has 1 aliphatic heterocycles. The zero-order valence-electron chi connectivity index (χ0n) is 9.90. The van der Waals surface area contributed by atoms with Crippen molar-refractivity contribution in [1.82, 2.24) is 20.3 Å². The fourth-order valence-electron chi connectivity index (χ4n) is 2.83. The summed E-state index contributed by atoms with van der Waals surface area (Å²) in [5, 5.41) is 4.80. The van der Waals surface area contributed by atoms with Crippen LogP contribution in [-0.4, -0.2) is 21.5 Å². The summed E-state index contributed by atoms with van der Waals surface area (Å²) < 4.78 is 0. The van der Waals surface area contributed by atoms with Gasteiger partial charge in [-0.1, -0.05) is 18.2 Å². The molecule has 0 fully saturated rings. The van der Waals surface area contributed by atoms with Crippen LogP contribution in [0.2, 0.25) is 0 Å². The molecule has 3 aromatic rings. The number of fused-ring (bicyclic) bond motifs is 2. The first kappa shape index (κ1) is 9.91. The molecule has 0 bridgehead atoms. The zero-order valence-corrected chi connectivity index (χ0v) is 9.90. The molecule has 0 radical (unpaired) electrons. The van der Waals surface area contributed by atoms with E-state index >= 15 is 0 Å². The molecule has 0 saturated carbocycles. The summed E-state index contributed by atoms with van der Waals surface area (Å²) in [6, 6.07) is 8.69. The minimum absolute atomic E-state index is 0.183. The minimum atomic E-state index is 0.183. The molecule has 18 heavy (non-hydrogen) atoms. The standard InChI is InChI=1S/C14H14N4/c1-2-9-4-6-15-12(9)10(3-1)13-14-11(5-7-16-13)17-8-18-14/h1-4,6,8,13,15-16H,5,7H2,(H,17,18). The van der Waals surface area contributed by atoms with Crippen LogP contribution < -0.4 is 5.32 Å². The lowest BCUT2D eigenvalue weighted by Gasteiger charge is -2.23. The van der Waals surface area contributed by atoms with E-state index in [1.807, 2.05) is 6.20 Å². The van der Waals surface area contributed by atoms with Gasteiger partial charge in [0, 0.05) is 24.9 Å². The van der Waals surface area contributed by atoms with Crippen LogP contribution in [0.25, 0.3) is 10.9 Å². The first-order valence-corrected chi connectivity index (χ1v) is 6.25. The third-order valence-corrected chi connectivity index (χ3v) is 3.68. The first-order chi connectivity index (χ1) is 8.93. The summed E-state index contributed by atoms with van der Waals surface area (Å²) in [6.07, 6.45) is 4.80. The molecule has 4 nitrogen and oxygen atoms in total. The number of aromatic nitrogens is 3. The quantitative estimate of drug-likeness (QED) is 0.608. The van der Waals surface area contributed by atoms with Crippen LogP contribution >= 0.6 is 0 Å². The Balaban J connectivity index is 1.92. The minimum Gasteiger partial charge on any atom is -0.361 e. The average molecular weight is 238 g/mol. The van der Waals surface area contributed by atoms with Gasteiger partial charge < -0.3 is 15.3 Å². The summed E-state index contributed by atoms with van der Waals surface area (Å²) in [7, 11) is 0. The maximum Gasteiger partial charge on any atom is 0.0926 e. The topological polar surface area (TPSA) is 56.5 Å². The number of H-pyrrole nitrogens is 2. The van der Waals surface area contributed by atoms with Gasteiger partial charge in [0.05, 0.1) is 23.6 Å². The Labute approximate surface area is 104 Å². The third kappa shape index (κ3) is 1.32. The third-order valence-electron chi connectivity index (χ3n) is 3.68. The molecule has 0 spiro atoms. The Bertz CT molecular complexity index is 694. The molecule has 90 valence electrons. The Morgan fingerprint density at radius 3 is 3.17 bits per heavy atom. The normalized spacial score (nSPS) is 19.0. The number of hydrogen-bond acceptors (Lipinski definition) is 2. The number of imidazole rings is 1. The zero-order chi connectivity index (χ0) is 11.9. The Morgan fingerprint density at radius 1 is 1.17 bits per heavy atom. The van der Waals surface area contributed by atoms with E-state index in [1.165, 1.54) is 22.2 Å². The van der Waals surface area contributed by atoms with Crippen LogP contribution in [0.15, 0.2) is 36.8 Å². The highest BCUT2D eigenvalue weighted by molar-refractivity contribution is 5.83. The highest BCUT2D eigenvalue weighted by Crippen LogP contribution is 2.30. The molecule has 3 N–H and O–H groups in total. The van der Waals surface area contributed by atoms with Gasteiger partial charge in [-0.25, -0.2) is 4.98 Å². The Kier molecular flexibility index (Phi) is 2.04. The van der Waals surface area contributed by atoms with Crippen molar-refractivity contribution in [3.63, 3.8) is 0 Å². The van der Waals surface area contributed by atoms with Gasteiger partial charge >= 0.3 is 0 Å². The maximum atomic E-state index is 4.47. The summed E-state index contributed by atoms with van der Waals surface area (Å²) in [4.78, 5) is 11.0. The molecule has 0 amide bonds. The summed E-state index contributed by atoms with van der Waals surface area (Å²) >= 11 is 0. The van der Waals surface area contributed by atoms with Crippen LogP contribution in [0.1, 0.15) is 23.0 Å². The molecule has 0 aliphatic carbocycles. The van der Waals surface area contributed by atoms with E-state index in [4.69, 9.17) is 0 Å². The van der Waals surface area contributed by atoms with Crippen molar-refractivity contribution >= 4 is 10.9 Å². The number of rotatable bonds is 1. The number of aromatic amines is 2. The van der Waals surface area contributed by atoms with Crippen molar-refractivity contribution in [3.8, 4) is 0 Å². The molecule has 4 heteroatoms. The van der Waals surface area contributed by atoms with E-state index in [1.54, 1.807) is 6.33 Å². The molecule has 0 saturated heterocycles. The molecule has 1 aliphatic rings. The van der Waals surface area contributed by atoms with Crippen molar-refractivity contribution in [2.75, 3.05) is 6.54 Å². The van der Waals surface area contributed by atoms with Crippen LogP contribution in [0.4, 0.5) is 0 Å². The lowest BCUT2D eigenvalue weighted by atomic mass is 9.96. The molecular weight excluding hydrogens is 224 g/mol. The Hall–Kier alpha value is -2.07. The van der Waals surface area contributed by atoms with Crippen molar-refractivity contribution in [2.24, 2.45) is 0 Å². The van der Waals surface area contributed by atoms with Crippen LogP contribution in [0, 0.1) is 0 Å². The maximum absolute atomic E-state index is 4.47. The van der Waals surface area contributed by atoms with Crippen molar-refractivity contribution in [1.29, 1.82) is 0 Å². The lowest BCUT2D eigenvalue weighted by molar-refractivity contribution is 0.556. The van der Waals surface area contributed by atoms with Gasteiger partial charge in [0.15, 0.2) is 0 Å². The van der Waals surface area contributed by atoms with Crippen molar-refractivity contribution in [3.05, 3.63) is 53.7 Å². The molecular formula is C14H14N4. The second kappa shape index (κ2) is 3.71. The highest BCUT2D eigenvalue weighted by Gasteiger charge is 2.25. The molecule has 1 atom stereocenters. The SMILES string of the molecule is c1cc(C2NCCc3[nH]cnc32)c2[nH]ccc2c1. The van der Waals surface area contributed by atoms with E-state index in [2.05, 4.69) is 44.5 Å². The van der Waals surface area contributed by atoms with Gasteiger partial charge in [-0.05, 0) is 17.0 Å². The van der Waals surface area contributed by atoms with Gasteiger partial charge in [0.2, 0.25) is 0 Å².